The second-order valence-corrected chi connectivity index (χ2v) is 8.98. The Morgan fingerprint density at radius 3 is 2.29 bits per heavy atom. The lowest BCUT2D eigenvalue weighted by molar-refractivity contribution is 0.590. The third-order valence-electron chi connectivity index (χ3n) is 4.88. The summed E-state index contributed by atoms with van der Waals surface area (Å²) in [5.74, 6) is 0.586. The third kappa shape index (κ3) is 3.50. The van der Waals surface area contributed by atoms with E-state index in [-0.39, 0.29) is 11.0 Å². The van der Waals surface area contributed by atoms with E-state index in [2.05, 4.69) is 62.0 Å². The van der Waals surface area contributed by atoms with Crippen LogP contribution in [-0.2, 0) is 11.8 Å². The van der Waals surface area contributed by atoms with Crippen molar-refractivity contribution in [3.05, 3.63) is 80.1 Å². The monoisotopic (exact) mass is 389 g/mol. The zero-order valence-electron chi connectivity index (χ0n) is 16.6. The van der Waals surface area contributed by atoms with Crippen LogP contribution in [0.3, 0.4) is 0 Å². The summed E-state index contributed by atoms with van der Waals surface area (Å²) in [4.78, 5) is 17.9. The van der Waals surface area contributed by atoms with Crippen LogP contribution in [0.15, 0.2) is 53.3 Å². The Hall–Kier alpha value is -2.79. The lowest BCUT2D eigenvalue weighted by Gasteiger charge is -2.18. The quantitative estimate of drug-likeness (QED) is 0.527. The molecule has 0 unspecified atom stereocenters. The highest BCUT2D eigenvalue weighted by atomic mass is 32.1. The minimum atomic E-state index is -0.121. The number of rotatable bonds is 3. The molecule has 4 rings (SSSR count). The highest BCUT2D eigenvalue weighted by molar-refractivity contribution is 7.15. The molecule has 28 heavy (non-hydrogen) atoms. The Labute approximate surface area is 168 Å². The van der Waals surface area contributed by atoms with Crippen molar-refractivity contribution in [2.75, 3.05) is 0 Å². The van der Waals surface area contributed by atoms with Gasteiger partial charge >= 0.3 is 0 Å². The van der Waals surface area contributed by atoms with Gasteiger partial charge in [-0.25, -0.2) is 0 Å². The van der Waals surface area contributed by atoms with Crippen LogP contribution < -0.4 is 10.1 Å². The van der Waals surface area contributed by atoms with Crippen molar-refractivity contribution in [2.24, 2.45) is 0 Å². The van der Waals surface area contributed by atoms with Crippen molar-refractivity contribution < 1.29 is 0 Å². The van der Waals surface area contributed by atoms with Crippen molar-refractivity contribution >= 4 is 22.4 Å². The normalized spacial score (nSPS) is 12.8. The molecule has 0 atom stereocenters. The molecule has 0 spiro atoms. The highest BCUT2D eigenvalue weighted by Gasteiger charge is 2.15. The minimum Gasteiger partial charge on any atom is -0.266 e. The standard InChI is InChI=1S/C23H23N3OS/c1-5-15-6-8-16(9-7-15)14-19-21(27)26-22(28-19)24-20(25-26)17-10-12-18(13-11-17)23(2,3)4/h6-14H,5H2,1-4H3. The maximum atomic E-state index is 12.7. The Bertz CT molecular complexity index is 1230. The Morgan fingerprint density at radius 1 is 1.04 bits per heavy atom. The summed E-state index contributed by atoms with van der Waals surface area (Å²) >= 11 is 1.37. The van der Waals surface area contributed by atoms with Crippen LogP contribution >= 0.6 is 11.3 Å². The molecule has 142 valence electrons. The molecule has 0 aliphatic carbocycles. The molecule has 0 N–H and O–H groups in total. The molecule has 0 fully saturated rings. The van der Waals surface area contributed by atoms with Gasteiger partial charge in [-0.3, -0.25) is 4.79 Å². The van der Waals surface area contributed by atoms with E-state index in [1.807, 2.05) is 30.3 Å². The predicted octanol–water partition coefficient (Wildman–Crippen LogP) is 4.23. The second kappa shape index (κ2) is 6.99. The number of hydrogen-bond donors (Lipinski definition) is 0. The largest absolute Gasteiger partial charge is 0.291 e. The summed E-state index contributed by atoms with van der Waals surface area (Å²) in [6, 6.07) is 16.5. The van der Waals surface area contributed by atoms with Crippen molar-refractivity contribution in [2.45, 2.75) is 39.5 Å². The molecular weight excluding hydrogens is 366 g/mol. The number of hydrogen-bond acceptors (Lipinski definition) is 4. The average molecular weight is 390 g/mol. The van der Waals surface area contributed by atoms with E-state index < -0.39 is 0 Å². The fraction of sp³-hybridized carbons (Fsp3) is 0.261. The minimum absolute atomic E-state index is 0.1000. The van der Waals surface area contributed by atoms with Gasteiger partial charge in [0.15, 0.2) is 5.82 Å². The molecule has 0 amide bonds. The van der Waals surface area contributed by atoms with Gasteiger partial charge in [0, 0.05) is 5.56 Å². The first-order valence-electron chi connectivity index (χ1n) is 9.46. The first-order chi connectivity index (χ1) is 13.3. The van der Waals surface area contributed by atoms with Gasteiger partial charge in [-0.15, -0.1) is 5.10 Å². The van der Waals surface area contributed by atoms with Gasteiger partial charge in [0.25, 0.3) is 5.56 Å². The van der Waals surface area contributed by atoms with E-state index in [4.69, 9.17) is 0 Å². The van der Waals surface area contributed by atoms with Crippen LogP contribution in [0.2, 0.25) is 0 Å². The molecule has 0 saturated carbocycles. The smallest absolute Gasteiger partial charge is 0.266 e. The van der Waals surface area contributed by atoms with Gasteiger partial charge in [0.05, 0.1) is 4.53 Å². The van der Waals surface area contributed by atoms with E-state index in [1.165, 1.54) is 27.0 Å². The summed E-state index contributed by atoms with van der Waals surface area (Å²) in [6.45, 7) is 8.68. The van der Waals surface area contributed by atoms with E-state index in [0.717, 1.165) is 17.5 Å². The van der Waals surface area contributed by atoms with Crippen molar-refractivity contribution in [3.8, 4) is 11.4 Å². The Morgan fingerprint density at radius 2 is 1.71 bits per heavy atom. The molecule has 5 heteroatoms. The Balaban J connectivity index is 1.70. The number of fused-ring (bicyclic) bond motifs is 1. The molecule has 4 nitrogen and oxygen atoms in total. The summed E-state index contributed by atoms with van der Waals surface area (Å²) in [7, 11) is 0. The van der Waals surface area contributed by atoms with Crippen molar-refractivity contribution in [1.29, 1.82) is 0 Å². The van der Waals surface area contributed by atoms with Gasteiger partial charge in [-0.1, -0.05) is 87.6 Å². The van der Waals surface area contributed by atoms with Gasteiger partial charge in [0.1, 0.15) is 0 Å². The average Bonchev–Trinajstić information content (AvgIpc) is 3.22. The molecule has 0 aliphatic rings. The van der Waals surface area contributed by atoms with Crippen molar-refractivity contribution in [3.63, 3.8) is 0 Å². The van der Waals surface area contributed by atoms with Crippen LogP contribution in [0.1, 0.15) is 44.4 Å². The zero-order valence-corrected chi connectivity index (χ0v) is 17.4. The van der Waals surface area contributed by atoms with Crippen LogP contribution in [0, 0.1) is 0 Å². The lowest BCUT2D eigenvalue weighted by atomic mass is 9.87. The Kier molecular flexibility index (Phi) is 4.63. The van der Waals surface area contributed by atoms with Crippen LogP contribution in [-0.4, -0.2) is 14.6 Å². The number of aryl methyl sites for hydroxylation is 1. The molecule has 2 heterocycles. The van der Waals surface area contributed by atoms with E-state index in [9.17, 15) is 4.79 Å². The maximum absolute atomic E-state index is 12.7. The topological polar surface area (TPSA) is 47.3 Å². The summed E-state index contributed by atoms with van der Waals surface area (Å²) in [6.07, 6.45) is 2.91. The predicted molar refractivity (Wildman–Crippen MR) is 116 cm³/mol. The summed E-state index contributed by atoms with van der Waals surface area (Å²) in [5, 5.41) is 4.45. The van der Waals surface area contributed by atoms with Crippen LogP contribution in [0.5, 0.6) is 0 Å². The molecule has 2 aromatic carbocycles. The summed E-state index contributed by atoms with van der Waals surface area (Å²) in [5.41, 5.74) is 4.45. The number of benzene rings is 2. The SMILES string of the molecule is CCc1ccc(C=c2sc3nc(-c4ccc(C(C)(C)C)cc4)nn3c2=O)cc1. The molecule has 0 bridgehead atoms. The zero-order chi connectivity index (χ0) is 19.9. The molecule has 0 saturated heterocycles. The van der Waals surface area contributed by atoms with Crippen molar-refractivity contribution in [1.82, 2.24) is 14.6 Å². The van der Waals surface area contributed by atoms with Gasteiger partial charge in [0.2, 0.25) is 4.96 Å². The third-order valence-corrected chi connectivity index (χ3v) is 5.84. The molecule has 2 aromatic heterocycles. The number of aromatic nitrogens is 3. The maximum Gasteiger partial charge on any atom is 0.291 e. The van der Waals surface area contributed by atoms with Gasteiger partial charge in [-0.2, -0.15) is 9.50 Å². The van der Waals surface area contributed by atoms with E-state index >= 15 is 0 Å². The first kappa shape index (κ1) is 18.6. The molecule has 0 aliphatic heterocycles. The fourth-order valence-electron chi connectivity index (χ4n) is 3.08. The molecule has 0 radical (unpaired) electrons. The molecule has 4 aromatic rings. The summed E-state index contributed by atoms with van der Waals surface area (Å²) < 4.78 is 2.05. The molecular formula is C23H23N3OS. The lowest BCUT2D eigenvalue weighted by Crippen LogP contribution is -2.23. The van der Waals surface area contributed by atoms with Crippen LogP contribution in [0.4, 0.5) is 0 Å². The van der Waals surface area contributed by atoms with Gasteiger partial charge in [-0.05, 0) is 34.6 Å². The van der Waals surface area contributed by atoms with E-state index in [0.29, 0.717) is 15.3 Å². The van der Waals surface area contributed by atoms with Crippen LogP contribution in [0.25, 0.3) is 22.4 Å². The number of nitrogens with zero attached hydrogens (tertiary/aromatic N) is 3. The fourth-order valence-corrected chi connectivity index (χ4v) is 3.98. The van der Waals surface area contributed by atoms with E-state index in [1.54, 1.807) is 0 Å². The highest BCUT2D eigenvalue weighted by Crippen LogP contribution is 2.25. The second-order valence-electron chi connectivity index (χ2n) is 7.97. The first-order valence-corrected chi connectivity index (χ1v) is 10.3. The number of thiazole rings is 1. The van der Waals surface area contributed by atoms with Gasteiger partial charge < -0.3 is 0 Å².